The topological polar surface area (TPSA) is 71.9 Å². The molecule has 1 fully saturated rings. The molecule has 7 nitrogen and oxygen atoms in total. The van der Waals surface area contributed by atoms with Crippen molar-refractivity contribution < 1.29 is 4.74 Å². The number of aromatic nitrogens is 5. The van der Waals surface area contributed by atoms with E-state index in [2.05, 4.69) is 37.2 Å². The lowest BCUT2D eigenvalue weighted by molar-refractivity contribution is 0.231. The van der Waals surface area contributed by atoms with Crippen LogP contribution in [0.15, 0.2) is 43.0 Å². The zero-order chi connectivity index (χ0) is 17.8. The Labute approximate surface area is 153 Å². The predicted octanol–water partition coefficient (Wildman–Crippen LogP) is 2.73. The summed E-state index contributed by atoms with van der Waals surface area (Å²) >= 11 is 0. The van der Waals surface area contributed by atoms with Crippen molar-refractivity contribution in [3.05, 3.63) is 60.2 Å². The van der Waals surface area contributed by atoms with Crippen LogP contribution in [-0.2, 0) is 13.1 Å². The van der Waals surface area contributed by atoms with Crippen LogP contribution >= 0.6 is 0 Å². The van der Waals surface area contributed by atoms with Crippen molar-refractivity contribution in [2.24, 2.45) is 0 Å². The van der Waals surface area contributed by atoms with Gasteiger partial charge in [0.05, 0.1) is 18.9 Å². The van der Waals surface area contributed by atoms with Crippen molar-refractivity contribution in [2.45, 2.75) is 38.9 Å². The molecule has 1 aromatic carbocycles. The Morgan fingerprint density at radius 2 is 2.23 bits per heavy atom. The number of benzene rings is 1. The SMILES string of the molecule is Cc1nc([C@@H]2CCCN2Cc2ccccc2OCCn2ccnc2)n[nH]1. The van der Waals surface area contributed by atoms with Gasteiger partial charge in [0.2, 0.25) is 0 Å². The van der Waals surface area contributed by atoms with Gasteiger partial charge in [-0.1, -0.05) is 18.2 Å². The van der Waals surface area contributed by atoms with Gasteiger partial charge in [0.1, 0.15) is 18.2 Å². The average Bonchev–Trinajstić information content (AvgIpc) is 3.38. The van der Waals surface area contributed by atoms with Gasteiger partial charge in [-0.15, -0.1) is 0 Å². The second-order valence-corrected chi connectivity index (χ2v) is 6.66. The zero-order valence-corrected chi connectivity index (χ0v) is 15.0. The molecule has 0 radical (unpaired) electrons. The summed E-state index contributed by atoms with van der Waals surface area (Å²) in [6.45, 7) is 5.26. The van der Waals surface area contributed by atoms with Gasteiger partial charge in [0, 0.05) is 24.5 Å². The van der Waals surface area contributed by atoms with Crippen molar-refractivity contribution in [1.82, 2.24) is 29.6 Å². The van der Waals surface area contributed by atoms with E-state index in [9.17, 15) is 0 Å². The number of aryl methyl sites for hydroxylation is 1. The Morgan fingerprint density at radius 3 is 3.04 bits per heavy atom. The molecule has 26 heavy (non-hydrogen) atoms. The Morgan fingerprint density at radius 1 is 1.31 bits per heavy atom. The second kappa shape index (κ2) is 7.70. The van der Waals surface area contributed by atoms with Crippen LogP contribution in [0.5, 0.6) is 5.75 Å². The highest BCUT2D eigenvalue weighted by molar-refractivity contribution is 5.33. The normalized spacial score (nSPS) is 17.7. The minimum absolute atomic E-state index is 0.277. The van der Waals surface area contributed by atoms with Crippen LogP contribution in [0.1, 0.15) is 36.1 Å². The third kappa shape index (κ3) is 3.77. The van der Waals surface area contributed by atoms with Crippen molar-refractivity contribution >= 4 is 0 Å². The molecule has 1 aliphatic heterocycles. The minimum Gasteiger partial charge on any atom is -0.491 e. The number of imidazole rings is 1. The van der Waals surface area contributed by atoms with E-state index in [4.69, 9.17) is 4.74 Å². The van der Waals surface area contributed by atoms with Gasteiger partial charge >= 0.3 is 0 Å². The standard InChI is InChI=1S/C19H24N6O/c1-15-21-19(23-22-15)17-6-4-9-25(17)13-16-5-2-3-7-18(16)26-12-11-24-10-8-20-14-24/h2-3,5,7-8,10,14,17H,4,6,9,11-13H2,1H3,(H,21,22,23)/t17-/m0/s1. The van der Waals surface area contributed by atoms with Crippen LogP contribution in [0, 0.1) is 6.92 Å². The smallest absolute Gasteiger partial charge is 0.167 e. The van der Waals surface area contributed by atoms with Gasteiger partial charge < -0.3 is 9.30 Å². The third-order valence-corrected chi connectivity index (χ3v) is 4.79. The van der Waals surface area contributed by atoms with E-state index < -0.39 is 0 Å². The van der Waals surface area contributed by atoms with E-state index >= 15 is 0 Å². The van der Waals surface area contributed by atoms with E-state index in [0.29, 0.717) is 6.61 Å². The molecular weight excluding hydrogens is 328 g/mol. The van der Waals surface area contributed by atoms with Gasteiger partial charge in [-0.05, 0) is 32.4 Å². The highest BCUT2D eigenvalue weighted by atomic mass is 16.5. The molecule has 1 N–H and O–H groups in total. The van der Waals surface area contributed by atoms with Crippen LogP contribution in [0.25, 0.3) is 0 Å². The van der Waals surface area contributed by atoms with Crippen LogP contribution in [-0.4, -0.2) is 42.8 Å². The van der Waals surface area contributed by atoms with Crippen LogP contribution in [0.4, 0.5) is 0 Å². The molecule has 0 bridgehead atoms. The van der Waals surface area contributed by atoms with E-state index in [1.807, 2.05) is 36.1 Å². The fourth-order valence-corrected chi connectivity index (χ4v) is 3.49. The van der Waals surface area contributed by atoms with E-state index in [1.54, 1.807) is 6.20 Å². The summed E-state index contributed by atoms with van der Waals surface area (Å²) in [5, 5.41) is 7.34. The first kappa shape index (κ1) is 16.8. The van der Waals surface area contributed by atoms with Crippen molar-refractivity contribution in [3.63, 3.8) is 0 Å². The molecule has 1 saturated heterocycles. The molecule has 3 heterocycles. The minimum atomic E-state index is 0.277. The summed E-state index contributed by atoms with van der Waals surface area (Å²) in [6.07, 6.45) is 7.81. The predicted molar refractivity (Wildman–Crippen MR) is 97.7 cm³/mol. The highest BCUT2D eigenvalue weighted by Crippen LogP contribution is 2.32. The monoisotopic (exact) mass is 352 g/mol. The van der Waals surface area contributed by atoms with Gasteiger partial charge in [-0.25, -0.2) is 9.97 Å². The number of hydrogen-bond acceptors (Lipinski definition) is 5. The first-order chi connectivity index (χ1) is 12.8. The lowest BCUT2D eigenvalue weighted by atomic mass is 10.1. The molecule has 0 amide bonds. The molecule has 0 spiro atoms. The Balaban J connectivity index is 1.42. The highest BCUT2D eigenvalue weighted by Gasteiger charge is 2.29. The number of hydrogen-bond donors (Lipinski definition) is 1. The molecule has 1 atom stereocenters. The van der Waals surface area contributed by atoms with Crippen molar-refractivity contribution in [2.75, 3.05) is 13.2 Å². The fourth-order valence-electron chi connectivity index (χ4n) is 3.49. The number of ether oxygens (including phenoxy) is 1. The molecule has 4 rings (SSSR count). The quantitative estimate of drug-likeness (QED) is 0.708. The van der Waals surface area contributed by atoms with Crippen molar-refractivity contribution in [3.8, 4) is 5.75 Å². The number of nitrogens with one attached hydrogen (secondary N) is 1. The van der Waals surface area contributed by atoms with Crippen molar-refractivity contribution in [1.29, 1.82) is 0 Å². The summed E-state index contributed by atoms with van der Waals surface area (Å²) < 4.78 is 8.07. The first-order valence-electron chi connectivity index (χ1n) is 9.09. The summed E-state index contributed by atoms with van der Waals surface area (Å²) in [7, 11) is 0. The molecule has 0 unspecified atom stereocenters. The molecule has 136 valence electrons. The molecule has 1 aliphatic rings. The maximum absolute atomic E-state index is 6.05. The Hall–Kier alpha value is -2.67. The number of rotatable bonds is 7. The van der Waals surface area contributed by atoms with Gasteiger partial charge in [0.25, 0.3) is 0 Å². The first-order valence-corrected chi connectivity index (χ1v) is 9.09. The van der Waals surface area contributed by atoms with Crippen LogP contribution in [0.3, 0.4) is 0 Å². The molecule has 0 saturated carbocycles. The molecule has 7 heteroatoms. The van der Waals surface area contributed by atoms with Gasteiger partial charge in [0.15, 0.2) is 5.82 Å². The maximum Gasteiger partial charge on any atom is 0.167 e. The molecule has 3 aromatic rings. The fraction of sp³-hybridized carbons (Fsp3) is 0.421. The summed E-state index contributed by atoms with van der Waals surface area (Å²) in [6, 6.07) is 8.56. The number of aromatic amines is 1. The van der Waals surface area contributed by atoms with E-state index in [-0.39, 0.29) is 6.04 Å². The molecule has 2 aromatic heterocycles. The lowest BCUT2D eigenvalue weighted by Crippen LogP contribution is -2.24. The second-order valence-electron chi connectivity index (χ2n) is 6.66. The number of likely N-dealkylation sites (tertiary alicyclic amines) is 1. The maximum atomic E-state index is 6.05. The van der Waals surface area contributed by atoms with E-state index in [0.717, 1.165) is 43.5 Å². The number of H-pyrrole nitrogens is 1. The summed E-state index contributed by atoms with van der Waals surface area (Å²) in [4.78, 5) is 11.0. The van der Waals surface area contributed by atoms with Gasteiger partial charge in [-0.2, -0.15) is 5.10 Å². The Bertz CT molecular complexity index is 828. The van der Waals surface area contributed by atoms with Crippen LogP contribution in [0.2, 0.25) is 0 Å². The largest absolute Gasteiger partial charge is 0.491 e. The molecular formula is C19H24N6O. The zero-order valence-electron chi connectivity index (χ0n) is 15.0. The van der Waals surface area contributed by atoms with Crippen LogP contribution < -0.4 is 4.74 Å². The van der Waals surface area contributed by atoms with Gasteiger partial charge in [-0.3, -0.25) is 10.00 Å². The summed E-state index contributed by atoms with van der Waals surface area (Å²) in [5.74, 6) is 2.72. The molecule has 0 aliphatic carbocycles. The number of nitrogens with zero attached hydrogens (tertiary/aromatic N) is 5. The average molecular weight is 352 g/mol. The lowest BCUT2D eigenvalue weighted by Gasteiger charge is -2.23. The van der Waals surface area contributed by atoms with E-state index in [1.165, 1.54) is 12.0 Å². The number of para-hydroxylation sites is 1. The Kier molecular flexibility index (Phi) is 4.97. The summed E-state index contributed by atoms with van der Waals surface area (Å²) in [5.41, 5.74) is 1.21. The third-order valence-electron chi connectivity index (χ3n) is 4.79.